The van der Waals surface area contributed by atoms with Gasteiger partial charge in [-0.3, -0.25) is 15.0 Å². The summed E-state index contributed by atoms with van der Waals surface area (Å²) < 4.78 is 1.47. The number of carboxylic acids is 1. The Labute approximate surface area is 161 Å². The molecule has 1 amide bonds. The Bertz CT molecular complexity index is 895. The second-order valence-corrected chi connectivity index (χ2v) is 6.21. The van der Waals surface area contributed by atoms with Crippen molar-refractivity contribution in [3.8, 4) is 0 Å². The second-order valence-electron chi connectivity index (χ2n) is 6.21. The molecule has 0 saturated heterocycles. The lowest BCUT2D eigenvalue weighted by Gasteiger charge is -2.15. The number of guanidine groups is 1. The van der Waals surface area contributed by atoms with Gasteiger partial charge in [0.05, 0.1) is 6.54 Å². The third kappa shape index (κ3) is 6.27. The molecule has 0 spiro atoms. The van der Waals surface area contributed by atoms with Gasteiger partial charge in [-0.2, -0.15) is 0 Å². The quantitative estimate of drug-likeness (QED) is 0.239. The topological polar surface area (TPSA) is 150 Å². The zero-order valence-electron chi connectivity index (χ0n) is 15.2. The zero-order chi connectivity index (χ0) is 20.5. The van der Waals surface area contributed by atoms with Crippen LogP contribution in [0.4, 0.5) is 0 Å². The van der Waals surface area contributed by atoms with Crippen LogP contribution in [-0.4, -0.2) is 40.1 Å². The minimum Gasteiger partial charge on any atom is -0.480 e. The number of nitrogens with one attached hydrogen (secondary N) is 3. The molecule has 0 radical (unpaired) electrons. The third-order valence-corrected chi connectivity index (χ3v) is 4.04. The highest BCUT2D eigenvalue weighted by atomic mass is 16.4. The number of nitrogens with zero attached hydrogens (tertiary/aromatic N) is 1. The molecule has 0 aliphatic carbocycles. The van der Waals surface area contributed by atoms with E-state index < -0.39 is 17.9 Å². The molecule has 0 aliphatic rings. The van der Waals surface area contributed by atoms with E-state index in [1.54, 1.807) is 0 Å². The van der Waals surface area contributed by atoms with Crippen molar-refractivity contribution in [3.05, 3.63) is 70.1 Å². The number of rotatable bonds is 9. The van der Waals surface area contributed by atoms with Crippen molar-refractivity contribution in [2.45, 2.75) is 25.4 Å². The number of aliphatic carboxylic acids is 1. The number of nitrogens with two attached hydrogens (primary N) is 1. The second kappa shape index (κ2) is 9.91. The van der Waals surface area contributed by atoms with Gasteiger partial charge in [-0.05, 0) is 24.5 Å². The minimum absolute atomic E-state index is 0.0995. The van der Waals surface area contributed by atoms with Crippen LogP contribution in [0, 0.1) is 5.41 Å². The fraction of sp³-hybridized carbons (Fsp3) is 0.263. The fourth-order valence-corrected chi connectivity index (χ4v) is 2.59. The van der Waals surface area contributed by atoms with E-state index in [4.69, 9.17) is 11.1 Å². The Hall–Kier alpha value is -3.62. The van der Waals surface area contributed by atoms with E-state index >= 15 is 0 Å². The standard InChI is InChI=1S/C19H23N5O4/c20-19(21)22-9-4-7-15(18(27)28)23-17(26)14-8-10-24(16(25)11-14)12-13-5-2-1-3-6-13/h1-3,5-6,8,10-11,15H,4,7,9,12H2,(H,23,26)(H,27,28)(H4,20,21,22)/t15-/m0/s1. The van der Waals surface area contributed by atoms with Crippen molar-refractivity contribution < 1.29 is 14.7 Å². The van der Waals surface area contributed by atoms with Crippen LogP contribution in [0.3, 0.4) is 0 Å². The first-order chi connectivity index (χ1) is 13.4. The van der Waals surface area contributed by atoms with Crippen molar-refractivity contribution in [1.29, 1.82) is 5.41 Å². The van der Waals surface area contributed by atoms with Gasteiger partial charge in [0.15, 0.2) is 5.96 Å². The molecular weight excluding hydrogens is 362 g/mol. The lowest BCUT2D eigenvalue weighted by atomic mass is 10.1. The molecule has 0 aliphatic heterocycles. The summed E-state index contributed by atoms with van der Waals surface area (Å²) >= 11 is 0. The van der Waals surface area contributed by atoms with Gasteiger partial charge < -0.3 is 26.0 Å². The Morgan fingerprint density at radius 2 is 1.93 bits per heavy atom. The average molecular weight is 385 g/mol. The summed E-state index contributed by atoms with van der Waals surface area (Å²) in [6.07, 6.45) is 2.07. The normalized spacial score (nSPS) is 11.4. The van der Waals surface area contributed by atoms with Crippen LogP contribution in [0.15, 0.2) is 53.5 Å². The predicted octanol–water partition coefficient (Wildman–Crippen LogP) is 0.343. The van der Waals surface area contributed by atoms with Gasteiger partial charge in [0, 0.05) is 24.4 Å². The van der Waals surface area contributed by atoms with Crippen LogP contribution in [-0.2, 0) is 11.3 Å². The summed E-state index contributed by atoms with van der Waals surface area (Å²) in [4.78, 5) is 36.0. The number of carbonyl (C=O) groups is 2. The molecule has 28 heavy (non-hydrogen) atoms. The first-order valence-electron chi connectivity index (χ1n) is 8.73. The summed E-state index contributed by atoms with van der Waals surface area (Å²) in [5.41, 5.74) is 5.85. The Balaban J connectivity index is 2.00. The van der Waals surface area contributed by atoms with Crippen molar-refractivity contribution in [2.24, 2.45) is 5.73 Å². The average Bonchev–Trinajstić information content (AvgIpc) is 2.66. The SMILES string of the molecule is N=C(N)NCCC[C@H](NC(=O)c1ccn(Cc2ccccc2)c(=O)c1)C(=O)O. The summed E-state index contributed by atoms with van der Waals surface area (Å²) in [5.74, 6) is -2.00. The number of hydrogen-bond acceptors (Lipinski definition) is 4. The highest BCUT2D eigenvalue weighted by Crippen LogP contribution is 2.04. The van der Waals surface area contributed by atoms with Gasteiger partial charge in [0.1, 0.15) is 6.04 Å². The van der Waals surface area contributed by atoms with Crippen molar-refractivity contribution in [2.75, 3.05) is 6.54 Å². The summed E-state index contributed by atoms with van der Waals surface area (Å²) in [6, 6.07) is 11.0. The van der Waals surface area contributed by atoms with Crippen LogP contribution >= 0.6 is 0 Å². The van der Waals surface area contributed by atoms with Crippen LogP contribution < -0.4 is 21.9 Å². The van der Waals surface area contributed by atoms with Crippen LogP contribution in [0.2, 0.25) is 0 Å². The first kappa shape index (κ1) is 20.7. The molecular formula is C19H23N5O4. The zero-order valence-corrected chi connectivity index (χ0v) is 15.2. The van der Waals surface area contributed by atoms with Gasteiger partial charge in [0.2, 0.25) is 0 Å². The van der Waals surface area contributed by atoms with Gasteiger partial charge in [-0.1, -0.05) is 30.3 Å². The number of amides is 1. The van der Waals surface area contributed by atoms with E-state index in [2.05, 4.69) is 10.6 Å². The third-order valence-electron chi connectivity index (χ3n) is 4.04. The summed E-state index contributed by atoms with van der Waals surface area (Å²) in [7, 11) is 0. The van der Waals surface area contributed by atoms with Crippen molar-refractivity contribution in [1.82, 2.24) is 15.2 Å². The molecule has 6 N–H and O–H groups in total. The highest BCUT2D eigenvalue weighted by molar-refractivity contribution is 5.96. The number of pyridine rings is 1. The molecule has 2 rings (SSSR count). The van der Waals surface area contributed by atoms with Crippen LogP contribution in [0.25, 0.3) is 0 Å². The molecule has 148 valence electrons. The van der Waals surface area contributed by atoms with E-state index in [-0.39, 0.29) is 23.5 Å². The van der Waals surface area contributed by atoms with Gasteiger partial charge in [-0.25, -0.2) is 4.79 Å². The maximum absolute atomic E-state index is 12.3. The molecule has 9 nitrogen and oxygen atoms in total. The number of carbonyl (C=O) groups excluding carboxylic acids is 1. The number of benzene rings is 1. The molecule has 0 saturated carbocycles. The van der Waals surface area contributed by atoms with Crippen LogP contribution in [0.5, 0.6) is 0 Å². The molecule has 1 aromatic heterocycles. The Kier molecular flexibility index (Phi) is 7.32. The molecule has 1 atom stereocenters. The summed E-state index contributed by atoms with van der Waals surface area (Å²) in [6.45, 7) is 0.701. The Morgan fingerprint density at radius 1 is 1.21 bits per heavy atom. The lowest BCUT2D eigenvalue weighted by molar-refractivity contribution is -0.139. The highest BCUT2D eigenvalue weighted by Gasteiger charge is 2.20. The van der Waals surface area contributed by atoms with E-state index in [0.29, 0.717) is 19.5 Å². The van der Waals surface area contributed by atoms with E-state index in [0.717, 1.165) is 5.56 Å². The summed E-state index contributed by atoms with van der Waals surface area (Å²) in [5, 5.41) is 21.3. The molecule has 9 heteroatoms. The number of hydrogen-bond donors (Lipinski definition) is 5. The van der Waals surface area contributed by atoms with Gasteiger partial charge in [0.25, 0.3) is 11.5 Å². The first-order valence-corrected chi connectivity index (χ1v) is 8.73. The smallest absolute Gasteiger partial charge is 0.326 e. The minimum atomic E-state index is -1.17. The van der Waals surface area contributed by atoms with E-state index in [1.165, 1.54) is 22.9 Å². The largest absolute Gasteiger partial charge is 0.480 e. The maximum atomic E-state index is 12.3. The maximum Gasteiger partial charge on any atom is 0.326 e. The Morgan fingerprint density at radius 3 is 2.54 bits per heavy atom. The van der Waals surface area contributed by atoms with Crippen molar-refractivity contribution in [3.63, 3.8) is 0 Å². The van der Waals surface area contributed by atoms with Gasteiger partial charge >= 0.3 is 5.97 Å². The van der Waals surface area contributed by atoms with E-state index in [1.807, 2.05) is 30.3 Å². The van der Waals surface area contributed by atoms with Gasteiger partial charge in [-0.15, -0.1) is 0 Å². The molecule has 0 bridgehead atoms. The molecule has 1 heterocycles. The molecule has 0 fully saturated rings. The fourth-order valence-electron chi connectivity index (χ4n) is 2.59. The predicted molar refractivity (Wildman–Crippen MR) is 104 cm³/mol. The van der Waals surface area contributed by atoms with Crippen molar-refractivity contribution >= 4 is 17.8 Å². The van der Waals surface area contributed by atoms with E-state index in [9.17, 15) is 19.5 Å². The molecule has 2 aromatic rings. The number of carboxylic acid groups (broad SMARTS) is 1. The van der Waals surface area contributed by atoms with Crippen LogP contribution in [0.1, 0.15) is 28.8 Å². The monoisotopic (exact) mass is 385 g/mol. The molecule has 0 unspecified atom stereocenters. The molecule has 1 aromatic carbocycles. The number of aromatic nitrogens is 1. The lowest BCUT2D eigenvalue weighted by Crippen LogP contribution is -2.42.